The van der Waals surface area contributed by atoms with Crippen molar-refractivity contribution in [2.45, 2.75) is 10.5 Å². The van der Waals surface area contributed by atoms with E-state index >= 15 is 0 Å². The maximum atomic E-state index is 14.3. The molecule has 0 saturated heterocycles. The third-order valence-electron chi connectivity index (χ3n) is 5.63. The second-order valence-corrected chi connectivity index (χ2v) is 12.1. The Morgan fingerprint density at radius 3 is 1.20 bits per heavy atom. The van der Waals surface area contributed by atoms with E-state index in [4.69, 9.17) is 0 Å². The minimum absolute atomic E-state index is 0.718. The van der Waals surface area contributed by atoms with Gasteiger partial charge in [-0.25, -0.2) is 8.42 Å². The molecular weight excluding hydrogens is 584 g/mol. The summed E-state index contributed by atoms with van der Waals surface area (Å²) in [5, 5.41) is -1.66. The van der Waals surface area contributed by atoms with Crippen molar-refractivity contribution < 1.29 is 8.42 Å². The van der Waals surface area contributed by atoms with Crippen molar-refractivity contribution in [2.24, 2.45) is 0 Å². The molecule has 0 spiro atoms. The number of hydrogen-bond acceptors (Lipinski definition) is 2. The fourth-order valence-corrected chi connectivity index (χ4v) is 6.32. The lowest BCUT2D eigenvalue weighted by molar-refractivity contribution is 0.584. The smallest absolute Gasteiger partial charge is 0.171 e. The van der Waals surface area contributed by atoms with Gasteiger partial charge in [-0.2, -0.15) is 0 Å². The third kappa shape index (κ3) is 6.69. The van der Waals surface area contributed by atoms with Crippen molar-refractivity contribution in [2.75, 3.05) is 0 Å². The summed E-state index contributed by atoms with van der Waals surface area (Å²) in [7, 11) is -3.74. The molecule has 0 radical (unpaired) electrons. The molecule has 0 aliphatic rings. The molecule has 0 N–H and O–H groups in total. The molecule has 2 unspecified atom stereocenters. The molecule has 2 nitrogen and oxygen atoms in total. The number of rotatable bonds is 8. The molecule has 0 fully saturated rings. The minimum Gasteiger partial charge on any atom is -0.227 e. The first-order valence-electron chi connectivity index (χ1n) is 11.1. The van der Waals surface area contributed by atoms with Crippen LogP contribution in [0.3, 0.4) is 0 Å². The largest absolute Gasteiger partial charge is 0.227 e. The number of halogens is 2. The average Bonchev–Trinajstić information content (AvgIpc) is 2.87. The van der Waals surface area contributed by atoms with Gasteiger partial charge in [-0.15, -0.1) is 0 Å². The van der Waals surface area contributed by atoms with Crippen LogP contribution >= 0.6 is 31.9 Å². The highest BCUT2D eigenvalue weighted by atomic mass is 79.9. The Labute approximate surface area is 224 Å². The molecular formula is C30H24Br2O2S. The summed E-state index contributed by atoms with van der Waals surface area (Å²) in [6, 6.07) is 34.5. The zero-order chi connectivity index (χ0) is 24.7. The van der Waals surface area contributed by atoms with Gasteiger partial charge in [0.05, 0.1) is 0 Å². The van der Waals surface area contributed by atoms with Crippen LogP contribution in [0.2, 0.25) is 0 Å². The molecule has 4 aromatic rings. The Hall–Kier alpha value is -2.73. The maximum Gasteiger partial charge on any atom is 0.171 e. The van der Waals surface area contributed by atoms with Gasteiger partial charge >= 0.3 is 0 Å². The lowest BCUT2D eigenvalue weighted by Gasteiger charge is -2.22. The quantitative estimate of drug-likeness (QED) is 0.200. The van der Waals surface area contributed by atoms with Crippen LogP contribution in [0.25, 0.3) is 12.2 Å². The average molecular weight is 608 g/mol. The first kappa shape index (κ1) is 25.4. The van der Waals surface area contributed by atoms with Crippen LogP contribution in [0.1, 0.15) is 32.8 Å². The number of benzene rings is 4. The molecule has 2 atom stereocenters. The predicted molar refractivity (Wildman–Crippen MR) is 154 cm³/mol. The third-order valence-corrected chi connectivity index (χ3v) is 8.96. The summed E-state index contributed by atoms with van der Waals surface area (Å²) in [5.41, 5.74) is 3.33. The highest BCUT2D eigenvalue weighted by Gasteiger charge is 2.33. The molecule has 0 bridgehead atoms. The second-order valence-electron chi connectivity index (χ2n) is 8.07. The fourth-order valence-electron chi connectivity index (χ4n) is 3.81. The minimum atomic E-state index is -3.74. The molecule has 4 rings (SSSR count). The standard InChI is InChI=1S/C30H24Br2O2S/c31-27-17-13-25(14-18-27)29(21-11-23-7-3-1-4-8-23)35(33,34)30(26-15-19-28(32)20-16-26)22-12-24-9-5-2-6-10-24/h1-22,29-30H. The monoisotopic (exact) mass is 606 g/mol. The highest BCUT2D eigenvalue weighted by Crippen LogP contribution is 2.38. The van der Waals surface area contributed by atoms with Gasteiger partial charge in [0, 0.05) is 8.95 Å². The van der Waals surface area contributed by atoms with Gasteiger partial charge < -0.3 is 0 Å². The van der Waals surface area contributed by atoms with Crippen molar-refractivity contribution in [1.29, 1.82) is 0 Å². The summed E-state index contributed by atoms with van der Waals surface area (Å²) in [6.45, 7) is 0. The zero-order valence-corrected chi connectivity index (χ0v) is 22.8. The Bertz CT molecular complexity index is 1290. The highest BCUT2D eigenvalue weighted by molar-refractivity contribution is 9.10. The Kier molecular flexibility index (Phi) is 8.55. The Morgan fingerprint density at radius 2 is 0.857 bits per heavy atom. The SMILES string of the molecule is O=S(=O)(C(C=Cc1ccccc1)c1ccc(Br)cc1)C(C=Cc1ccccc1)c1ccc(Br)cc1. The first-order valence-corrected chi connectivity index (χ1v) is 14.3. The molecule has 0 aromatic heterocycles. The Balaban J connectivity index is 1.82. The van der Waals surface area contributed by atoms with Gasteiger partial charge in [-0.1, -0.05) is 141 Å². The molecule has 0 aliphatic heterocycles. The van der Waals surface area contributed by atoms with E-state index in [-0.39, 0.29) is 0 Å². The maximum absolute atomic E-state index is 14.3. The van der Waals surface area contributed by atoms with Crippen LogP contribution < -0.4 is 0 Å². The van der Waals surface area contributed by atoms with Crippen LogP contribution in [-0.2, 0) is 9.84 Å². The lowest BCUT2D eigenvalue weighted by Crippen LogP contribution is -2.19. The summed E-state index contributed by atoms with van der Waals surface area (Å²) >= 11 is 6.92. The van der Waals surface area contributed by atoms with E-state index < -0.39 is 20.3 Å². The fraction of sp³-hybridized carbons (Fsp3) is 0.0667. The van der Waals surface area contributed by atoms with Crippen LogP contribution in [0.5, 0.6) is 0 Å². The van der Waals surface area contributed by atoms with Gasteiger partial charge in [0.25, 0.3) is 0 Å². The van der Waals surface area contributed by atoms with E-state index in [9.17, 15) is 8.42 Å². The molecule has 5 heteroatoms. The first-order chi connectivity index (χ1) is 16.9. The molecule has 0 aliphatic carbocycles. The van der Waals surface area contributed by atoms with Gasteiger partial charge in [0.15, 0.2) is 9.84 Å². The number of sulfone groups is 1. The predicted octanol–water partition coefficient (Wildman–Crippen LogP) is 8.84. The van der Waals surface area contributed by atoms with Gasteiger partial charge in [-0.3, -0.25) is 0 Å². The zero-order valence-electron chi connectivity index (χ0n) is 18.8. The Morgan fingerprint density at radius 1 is 0.514 bits per heavy atom. The van der Waals surface area contributed by atoms with Crippen molar-refractivity contribution in [3.05, 3.63) is 153 Å². The summed E-state index contributed by atoms with van der Waals surface area (Å²) in [4.78, 5) is 0. The van der Waals surface area contributed by atoms with E-state index in [0.29, 0.717) is 0 Å². The molecule has 35 heavy (non-hydrogen) atoms. The van der Waals surface area contributed by atoms with Crippen LogP contribution in [0.15, 0.2) is 130 Å². The summed E-state index contributed by atoms with van der Waals surface area (Å²) in [5.74, 6) is 0. The lowest BCUT2D eigenvalue weighted by atomic mass is 10.1. The van der Waals surface area contributed by atoms with Crippen molar-refractivity contribution >= 4 is 53.8 Å². The van der Waals surface area contributed by atoms with Crippen LogP contribution in [0.4, 0.5) is 0 Å². The van der Waals surface area contributed by atoms with E-state index in [2.05, 4.69) is 31.9 Å². The van der Waals surface area contributed by atoms with E-state index in [1.54, 1.807) is 12.2 Å². The van der Waals surface area contributed by atoms with E-state index in [1.165, 1.54) is 0 Å². The van der Waals surface area contributed by atoms with Gasteiger partial charge in [-0.05, 0) is 46.5 Å². The summed E-state index contributed by atoms with van der Waals surface area (Å²) in [6.07, 6.45) is 7.33. The molecule has 176 valence electrons. The topological polar surface area (TPSA) is 34.1 Å². The van der Waals surface area contributed by atoms with Gasteiger partial charge in [0.1, 0.15) is 10.5 Å². The molecule has 0 saturated carbocycles. The summed E-state index contributed by atoms with van der Waals surface area (Å²) < 4.78 is 30.4. The van der Waals surface area contributed by atoms with Crippen LogP contribution in [0, 0.1) is 0 Å². The molecule has 0 amide bonds. The second kappa shape index (κ2) is 11.8. The van der Waals surface area contributed by atoms with Crippen LogP contribution in [-0.4, -0.2) is 8.42 Å². The van der Waals surface area contributed by atoms with Crippen molar-refractivity contribution in [1.82, 2.24) is 0 Å². The normalized spacial score (nSPS) is 13.8. The van der Waals surface area contributed by atoms with Gasteiger partial charge in [0.2, 0.25) is 0 Å². The molecule has 4 aromatic carbocycles. The number of hydrogen-bond donors (Lipinski definition) is 0. The molecule has 0 heterocycles. The van der Waals surface area contributed by atoms with E-state index in [0.717, 1.165) is 31.2 Å². The van der Waals surface area contributed by atoms with Crippen molar-refractivity contribution in [3.63, 3.8) is 0 Å². The van der Waals surface area contributed by atoms with E-state index in [1.807, 2.05) is 121 Å². The van der Waals surface area contributed by atoms with Crippen molar-refractivity contribution in [3.8, 4) is 0 Å².